The fourth-order valence-corrected chi connectivity index (χ4v) is 1.93. The highest BCUT2D eigenvalue weighted by atomic mass is 15.5. The Labute approximate surface area is 86.5 Å². The Bertz CT molecular complexity index is 654. The molecule has 2 heterocycles. The highest BCUT2D eigenvalue weighted by Gasteiger charge is 2.09. The topological polar surface area (TPSA) is 43.1 Å². The van der Waals surface area contributed by atoms with Gasteiger partial charge in [-0.25, -0.2) is 0 Å². The van der Waals surface area contributed by atoms with Crippen LogP contribution in [-0.2, 0) is 0 Å². The van der Waals surface area contributed by atoms with E-state index >= 15 is 0 Å². The molecule has 2 aromatic heterocycles. The zero-order chi connectivity index (χ0) is 10.4. The number of rotatable bonds is 0. The Hall–Kier alpha value is -1.97. The van der Waals surface area contributed by atoms with Crippen LogP contribution in [0.1, 0.15) is 11.1 Å². The Balaban J connectivity index is 2.70. The fraction of sp³-hybridized carbons (Fsp3) is 0.182. The summed E-state index contributed by atoms with van der Waals surface area (Å²) in [5.41, 5.74) is 4.28. The second-order valence-corrected chi connectivity index (χ2v) is 3.68. The molecule has 0 unspecified atom stereocenters. The highest BCUT2D eigenvalue weighted by Crippen LogP contribution is 2.23. The summed E-state index contributed by atoms with van der Waals surface area (Å²) in [6, 6.07) is 8.16. The van der Waals surface area contributed by atoms with Gasteiger partial charge in [0.25, 0.3) is 0 Å². The van der Waals surface area contributed by atoms with Gasteiger partial charge in [-0.2, -0.15) is 4.52 Å². The first-order valence-corrected chi connectivity index (χ1v) is 4.85. The van der Waals surface area contributed by atoms with Crippen molar-refractivity contribution in [3.8, 4) is 0 Å². The molecule has 0 radical (unpaired) electrons. The van der Waals surface area contributed by atoms with E-state index in [1.54, 1.807) is 4.52 Å². The minimum Gasteiger partial charge on any atom is -0.193 e. The van der Waals surface area contributed by atoms with E-state index in [-0.39, 0.29) is 0 Å². The van der Waals surface area contributed by atoms with Gasteiger partial charge in [-0.05, 0) is 41.5 Å². The SMILES string of the molecule is Cc1c(C)c2nnnn2c2ccccc12. The zero-order valence-electron chi connectivity index (χ0n) is 8.60. The number of fused-ring (bicyclic) bond motifs is 3. The Morgan fingerprint density at radius 1 is 1.07 bits per heavy atom. The van der Waals surface area contributed by atoms with Crippen LogP contribution in [0.3, 0.4) is 0 Å². The van der Waals surface area contributed by atoms with Crippen LogP contribution in [0.25, 0.3) is 16.6 Å². The number of para-hydroxylation sites is 1. The third-order valence-electron chi connectivity index (χ3n) is 2.90. The molecule has 0 spiro atoms. The summed E-state index contributed by atoms with van der Waals surface area (Å²) < 4.78 is 1.79. The van der Waals surface area contributed by atoms with Crippen molar-refractivity contribution in [1.29, 1.82) is 0 Å². The number of tetrazole rings is 1. The van der Waals surface area contributed by atoms with E-state index in [1.165, 1.54) is 10.9 Å². The minimum atomic E-state index is 0.839. The largest absolute Gasteiger partial charge is 0.193 e. The van der Waals surface area contributed by atoms with Crippen LogP contribution < -0.4 is 0 Å². The van der Waals surface area contributed by atoms with Crippen molar-refractivity contribution in [3.05, 3.63) is 35.4 Å². The van der Waals surface area contributed by atoms with Crippen molar-refractivity contribution in [2.75, 3.05) is 0 Å². The average Bonchev–Trinajstić information content (AvgIpc) is 2.75. The summed E-state index contributed by atoms with van der Waals surface area (Å²) in [5.74, 6) is 0. The molecule has 3 rings (SSSR count). The lowest BCUT2D eigenvalue weighted by molar-refractivity contribution is 0.841. The Morgan fingerprint density at radius 3 is 2.73 bits per heavy atom. The van der Waals surface area contributed by atoms with Crippen LogP contribution in [0.2, 0.25) is 0 Å². The van der Waals surface area contributed by atoms with Crippen LogP contribution in [0.4, 0.5) is 0 Å². The molecule has 1 aromatic carbocycles. The van der Waals surface area contributed by atoms with Gasteiger partial charge in [0.15, 0.2) is 5.65 Å². The first kappa shape index (κ1) is 8.35. The second kappa shape index (κ2) is 2.76. The molecule has 4 heteroatoms. The van der Waals surface area contributed by atoms with Crippen molar-refractivity contribution in [2.45, 2.75) is 13.8 Å². The number of nitrogens with zero attached hydrogens (tertiary/aromatic N) is 4. The van der Waals surface area contributed by atoms with Crippen molar-refractivity contribution >= 4 is 16.6 Å². The molecule has 3 aromatic rings. The molecular weight excluding hydrogens is 188 g/mol. The van der Waals surface area contributed by atoms with Gasteiger partial charge < -0.3 is 0 Å². The molecule has 0 aliphatic heterocycles. The van der Waals surface area contributed by atoms with E-state index in [1.807, 2.05) is 25.1 Å². The summed E-state index contributed by atoms with van der Waals surface area (Å²) >= 11 is 0. The van der Waals surface area contributed by atoms with E-state index in [0.29, 0.717) is 0 Å². The summed E-state index contributed by atoms with van der Waals surface area (Å²) in [7, 11) is 0. The lowest BCUT2D eigenvalue weighted by atomic mass is 10.1. The van der Waals surface area contributed by atoms with Crippen LogP contribution in [0.15, 0.2) is 24.3 Å². The van der Waals surface area contributed by atoms with Gasteiger partial charge in [0.05, 0.1) is 5.52 Å². The summed E-state index contributed by atoms with van der Waals surface area (Å²) in [6.07, 6.45) is 0. The minimum absolute atomic E-state index is 0.839. The molecular formula is C11H10N4. The van der Waals surface area contributed by atoms with Crippen molar-refractivity contribution in [1.82, 2.24) is 20.0 Å². The van der Waals surface area contributed by atoms with Gasteiger partial charge in [-0.1, -0.05) is 18.2 Å². The summed E-state index contributed by atoms with van der Waals surface area (Å²) in [4.78, 5) is 0. The third-order valence-corrected chi connectivity index (χ3v) is 2.90. The molecule has 0 aliphatic rings. The molecule has 0 saturated carbocycles. The monoisotopic (exact) mass is 198 g/mol. The number of hydrogen-bond acceptors (Lipinski definition) is 3. The summed E-state index contributed by atoms with van der Waals surface area (Å²) in [5, 5.41) is 13.0. The predicted octanol–water partition coefficient (Wildman–Crippen LogP) is 1.89. The first-order chi connectivity index (χ1) is 7.29. The zero-order valence-corrected chi connectivity index (χ0v) is 8.60. The van der Waals surface area contributed by atoms with E-state index in [2.05, 4.69) is 28.5 Å². The quantitative estimate of drug-likeness (QED) is 0.554. The highest BCUT2D eigenvalue weighted by molar-refractivity contribution is 5.86. The van der Waals surface area contributed by atoms with Gasteiger partial charge in [-0.3, -0.25) is 0 Å². The van der Waals surface area contributed by atoms with Gasteiger partial charge in [-0.15, -0.1) is 5.10 Å². The molecule has 0 bridgehead atoms. The number of hydrogen-bond donors (Lipinski definition) is 0. The molecule has 0 N–H and O–H groups in total. The fourth-order valence-electron chi connectivity index (χ4n) is 1.93. The molecule has 74 valence electrons. The van der Waals surface area contributed by atoms with Crippen LogP contribution in [0, 0.1) is 13.8 Å². The standard InChI is InChI=1S/C11H10N4/c1-7-8(2)11-12-13-14-15(11)10-6-4-3-5-9(7)10/h3-6H,1-2H3. The number of pyridine rings is 1. The van der Waals surface area contributed by atoms with Crippen molar-refractivity contribution in [3.63, 3.8) is 0 Å². The molecule has 15 heavy (non-hydrogen) atoms. The molecule has 4 nitrogen and oxygen atoms in total. The molecule has 0 atom stereocenters. The number of benzene rings is 1. The number of aromatic nitrogens is 4. The van der Waals surface area contributed by atoms with Gasteiger partial charge in [0.2, 0.25) is 0 Å². The maximum absolute atomic E-state index is 4.03. The van der Waals surface area contributed by atoms with E-state index < -0.39 is 0 Å². The molecule has 0 aliphatic carbocycles. The summed E-state index contributed by atoms with van der Waals surface area (Å²) in [6.45, 7) is 4.15. The lowest BCUT2D eigenvalue weighted by Gasteiger charge is -2.06. The third kappa shape index (κ3) is 0.986. The average molecular weight is 198 g/mol. The maximum Gasteiger partial charge on any atom is 0.183 e. The number of aryl methyl sites for hydroxylation is 2. The molecule has 0 amide bonds. The molecule has 0 saturated heterocycles. The molecule has 0 fully saturated rings. The van der Waals surface area contributed by atoms with Gasteiger partial charge in [0.1, 0.15) is 0 Å². The van der Waals surface area contributed by atoms with Crippen LogP contribution >= 0.6 is 0 Å². The van der Waals surface area contributed by atoms with Crippen LogP contribution in [-0.4, -0.2) is 20.0 Å². The normalized spacial score (nSPS) is 11.3. The second-order valence-electron chi connectivity index (χ2n) is 3.68. The van der Waals surface area contributed by atoms with Crippen molar-refractivity contribution in [2.24, 2.45) is 0 Å². The first-order valence-electron chi connectivity index (χ1n) is 4.85. The van der Waals surface area contributed by atoms with E-state index in [4.69, 9.17) is 0 Å². The van der Waals surface area contributed by atoms with Crippen molar-refractivity contribution < 1.29 is 0 Å². The lowest BCUT2D eigenvalue weighted by Crippen LogP contribution is -1.96. The maximum atomic E-state index is 4.03. The van der Waals surface area contributed by atoms with Gasteiger partial charge in [0, 0.05) is 5.39 Å². The van der Waals surface area contributed by atoms with E-state index in [9.17, 15) is 0 Å². The predicted molar refractivity (Wildman–Crippen MR) is 57.8 cm³/mol. The Kier molecular flexibility index (Phi) is 1.54. The Morgan fingerprint density at radius 2 is 1.87 bits per heavy atom. The smallest absolute Gasteiger partial charge is 0.183 e. The van der Waals surface area contributed by atoms with Gasteiger partial charge >= 0.3 is 0 Å². The van der Waals surface area contributed by atoms with Crippen LogP contribution in [0.5, 0.6) is 0 Å². The van der Waals surface area contributed by atoms with E-state index in [0.717, 1.165) is 16.7 Å².